The Kier molecular flexibility index (Phi) is 3.58. The van der Waals surface area contributed by atoms with Crippen molar-refractivity contribution in [1.82, 2.24) is 5.32 Å². The fourth-order valence-electron chi connectivity index (χ4n) is 2.08. The molecule has 1 amide bonds. The highest BCUT2D eigenvalue weighted by atomic mass is 32.1. The van der Waals surface area contributed by atoms with Crippen LogP contribution in [0.2, 0.25) is 0 Å². The maximum absolute atomic E-state index is 11.7. The van der Waals surface area contributed by atoms with Crippen LogP contribution in [0, 0.1) is 5.92 Å². The first-order valence-electron chi connectivity index (χ1n) is 5.32. The average Bonchev–Trinajstić information content (AvgIpc) is 2.87. The van der Waals surface area contributed by atoms with Crippen molar-refractivity contribution in [3.63, 3.8) is 0 Å². The molecule has 0 aliphatic heterocycles. The van der Waals surface area contributed by atoms with Gasteiger partial charge in [-0.3, -0.25) is 4.79 Å². The second-order valence-electron chi connectivity index (χ2n) is 4.16. The molecule has 0 unspecified atom stereocenters. The summed E-state index contributed by atoms with van der Waals surface area (Å²) < 4.78 is 0. The molecule has 88 valence electrons. The summed E-state index contributed by atoms with van der Waals surface area (Å²) in [5.41, 5.74) is 0.659. The Bertz CT molecular complexity index is 352. The van der Waals surface area contributed by atoms with Gasteiger partial charge < -0.3 is 15.5 Å². The van der Waals surface area contributed by atoms with Gasteiger partial charge in [0.15, 0.2) is 0 Å². The van der Waals surface area contributed by atoms with Crippen LogP contribution in [0.25, 0.3) is 0 Å². The molecule has 5 heteroatoms. The first-order valence-corrected chi connectivity index (χ1v) is 6.27. The van der Waals surface area contributed by atoms with Gasteiger partial charge in [-0.15, -0.1) is 0 Å². The van der Waals surface area contributed by atoms with E-state index >= 15 is 0 Å². The summed E-state index contributed by atoms with van der Waals surface area (Å²) in [5, 5.41) is 25.1. The van der Waals surface area contributed by atoms with Gasteiger partial charge in [0.2, 0.25) is 0 Å². The predicted molar refractivity (Wildman–Crippen MR) is 61.4 cm³/mol. The highest BCUT2D eigenvalue weighted by Gasteiger charge is 2.33. The van der Waals surface area contributed by atoms with E-state index in [1.807, 2.05) is 5.38 Å². The monoisotopic (exact) mass is 241 g/mol. The quantitative estimate of drug-likeness (QED) is 0.726. The molecule has 4 nitrogen and oxygen atoms in total. The van der Waals surface area contributed by atoms with Gasteiger partial charge in [0.25, 0.3) is 5.91 Å². The van der Waals surface area contributed by atoms with Crippen LogP contribution in [0.15, 0.2) is 16.8 Å². The zero-order valence-electron chi connectivity index (χ0n) is 8.80. The van der Waals surface area contributed by atoms with Gasteiger partial charge in [0.05, 0.1) is 6.10 Å². The molecule has 1 aromatic heterocycles. The second kappa shape index (κ2) is 4.95. The van der Waals surface area contributed by atoms with E-state index < -0.39 is 6.10 Å². The highest BCUT2D eigenvalue weighted by Crippen LogP contribution is 2.25. The lowest BCUT2D eigenvalue weighted by atomic mass is 10.1. The summed E-state index contributed by atoms with van der Waals surface area (Å²) in [6.07, 6.45) is 0.673. The van der Waals surface area contributed by atoms with Crippen LogP contribution in [-0.4, -0.2) is 34.9 Å². The largest absolute Gasteiger partial charge is 0.396 e. The molecule has 1 aromatic rings. The van der Waals surface area contributed by atoms with Crippen molar-refractivity contribution in [3.8, 4) is 0 Å². The fraction of sp³-hybridized carbons (Fsp3) is 0.545. The SMILES string of the molecule is O=C(N[C@H]1C[C@H](CO)[C@H](O)C1)c1ccsc1. The molecule has 3 N–H and O–H groups in total. The number of aliphatic hydroxyl groups is 2. The van der Waals surface area contributed by atoms with E-state index in [1.54, 1.807) is 11.4 Å². The van der Waals surface area contributed by atoms with Crippen molar-refractivity contribution in [3.05, 3.63) is 22.4 Å². The van der Waals surface area contributed by atoms with Crippen LogP contribution in [0.4, 0.5) is 0 Å². The minimum atomic E-state index is -0.502. The molecule has 1 fully saturated rings. The first kappa shape index (κ1) is 11.6. The number of carbonyl (C=O) groups is 1. The fourth-order valence-corrected chi connectivity index (χ4v) is 2.72. The molecule has 1 heterocycles. The van der Waals surface area contributed by atoms with E-state index in [-0.39, 0.29) is 24.5 Å². The van der Waals surface area contributed by atoms with Gasteiger partial charge in [-0.2, -0.15) is 11.3 Å². The number of aliphatic hydroxyl groups excluding tert-OH is 2. The van der Waals surface area contributed by atoms with Crippen LogP contribution in [-0.2, 0) is 0 Å². The van der Waals surface area contributed by atoms with E-state index in [0.29, 0.717) is 18.4 Å². The Morgan fingerprint density at radius 2 is 2.38 bits per heavy atom. The molecule has 1 aliphatic rings. The zero-order valence-corrected chi connectivity index (χ0v) is 9.61. The van der Waals surface area contributed by atoms with Crippen molar-refractivity contribution in [2.75, 3.05) is 6.61 Å². The van der Waals surface area contributed by atoms with E-state index in [0.717, 1.165) is 0 Å². The first-order chi connectivity index (χ1) is 7.70. The third kappa shape index (κ3) is 2.42. The van der Waals surface area contributed by atoms with Gasteiger partial charge >= 0.3 is 0 Å². The number of nitrogens with one attached hydrogen (secondary N) is 1. The van der Waals surface area contributed by atoms with Gasteiger partial charge in [0, 0.05) is 29.5 Å². The maximum Gasteiger partial charge on any atom is 0.252 e. The molecule has 1 aliphatic carbocycles. The van der Waals surface area contributed by atoms with E-state index in [2.05, 4.69) is 5.32 Å². The Hall–Kier alpha value is -0.910. The van der Waals surface area contributed by atoms with Crippen molar-refractivity contribution in [2.45, 2.75) is 25.0 Å². The molecule has 0 bridgehead atoms. The average molecular weight is 241 g/mol. The molecule has 1 saturated carbocycles. The summed E-state index contributed by atoms with van der Waals surface area (Å²) in [5.74, 6) is -0.204. The molecule has 0 radical (unpaired) electrons. The Labute approximate surface area is 97.9 Å². The molecule has 0 aromatic carbocycles. The van der Waals surface area contributed by atoms with Crippen LogP contribution < -0.4 is 5.32 Å². The van der Waals surface area contributed by atoms with Crippen molar-refractivity contribution in [2.24, 2.45) is 5.92 Å². The van der Waals surface area contributed by atoms with Gasteiger partial charge in [-0.1, -0.05) is 0 Å². The molecular formula is C11H15NO3S. The van der Waals surface area contributed by atoms with Gasteiger partial charge in [-0.25, -0.2) is 0 Å². The lowest BCUT2D eigenvalue weighted by molar-refractivity contribution is 0.0903. The Morgan fingerprint density at radius 1 is 1.56 bits per heavy atom. The second-order valence-corrected chi connectivity index (χ2v) is 4.94. The molecule has 0 spiro atoms. The van der Waals surface area contributed by atoms with Gasteiger partial charge in [-0.05, 0) is 24.3 Å². The van der Waals surface area contributed by atoms with E-state index in [9.17, 15) is 9.90 Å². The smallest absolute Gasteiger partial charge is 0.252 e. The molecule has 16 heavy (non-hydrogen) atoms. The number of amides is 1. The van der Waals surface area contributed by atoms with Crippen LogP contribution >= 0.6 is 11.3 Å². The van der Waals surface area contributed by atoms with E-state index in [1.165, 1.54) is 11.3 Å². The predicted octanol–water partition coefficient (Wildman–Crippen LogP) is 0.610. The summed E-state index contributed by atoms with van der Waals surface area (Å²) in [6.45, 7) is -0.0218. The third-order valence-electron chi connectivity index (χ3n) is 3.01. The number of rotatable bonds is 3. The zero-order chi connectivity index (χ0) is 11.5. The summed E-state index contributed by atoms with van der Waals surface area (Å²) in [4.78, 5) is 11.7. The van der Waals surface area contributed by atoms with Crippen LogP contribution in [0.1, 0.15) is 23.2 Å². The number of carbonyl (C=O) groups excluding carboxylic acids is 1. The summed E-state index contributed by atoms with van der Waals surface area (Å²) in [6, 6.07) is 1.74. The standard InChI is InChI=1S/C11H15NO3S/c13-5-8-3-9(4-10(8)14)12-11(15)7-1-2-16-6-7/h1-2,6,8-10,13-14H,3-5H2,(H,12,15)/t8-,9+,10-/m1/s1. The van der Waals surface area contributed by atoms with Gasteiger partial charge in [0.1, 0.15) is 0 Å². The summed E-state index contributed by atoms with van der Waals surface area (Å²) >= 11 is 1.48. The molecule has 3 atom stereocenters. The molecule has 0 saturated heterocycles. The topological polar surface area (TPSA) is 69.6 Å². The lowest BCUT2D eigenvalue weighted by Gasteiger charge is -2.11. The number of hydrogen-bond acceptors (Lipinski definition) is 4. The molecule has 2 rings (SSSR count). The van der Waals surface area contributed by atoms with Crippen molar-refractivity contribution >= 4 is 17.2 Å². The lowest BCUT2D eigenvalue weighted by Crippen LogP contribution is -2.33. The number of hydrogen-bond donors (Lipinski definition) is 3. The third-order valence-corrected chi connectivity index (χ3v) is 3.69. The van der Waals surface area contributed by atoms with Crippen molar-refractivity contribution < 1.29 is 15.0 Å². The van der Waals surface area contributed by atoms with Crippen LogP contribution in [0.3, 0.4) is 0 Å². The van der Waals surface area contributed by atoms with E-state index in [4.69, 9.17) is 5.11 Å². The minimum absolute atomic E-state index is 0.0218. The summed E-state index contributed by atoms with van der Waals surface area (Å²) in [7, 11) is 0. The Morgan fingerprint density at radius 3 is 2.94 bits per heavy atom. The normalized spacial score (nSPS) is 29.2. The minimum Gasteiger partial charge on any atom is -0.396 e. The number of thiophene rings is 1. The Balaban J connectivity index is 1.90. The highest BCUT2D eigenvalue weighted by molar-refractivity contribution is 7.08. The van der Waals surface area contributed by atoms with Crippen LogP contribution in [0.5, 0.6) is 0 Å². The van der Waals surface area contributed by atoms with Crippen molar-refractivity contribution in [1.29, 1.82) is 0 Å². The molecular weight excluding hydrogens is 226 g/mol. The maximum atomic E-state index is 11.7.